The smallest absolute Gasteiger partial charge is 0.356 e. The van der Waals surface area contributed by atoms with Gasteiger partial charge in [-0.15, -0.1) is 0 Å². The summed E-state index contributed by atoms with van der Waals surface area (Å²) in [6, 6.07) is 2.60. The summed E-state index contributed by atoms with van der Waals surface area (Å²) in [5, 5.41) is 11.5. The Labute approximate surface area is 119 Å². The molecule has 0 spiro atoms. The van der Waals surface area contributed by atoms with Gasteiger partial charge in [0.05, 0.1) is 12.0 Å². The fourth-order valence-electron chi connectivity index (χ4n) is 1.83. The molecule has 0 bridgehead atoms. The molecule has 0 unspecified atom stereocenters. The standard InChI is InChI=1S/C12H14N2O5S/c1-18-12(15)9-2-3-10(14(16)17)11(13-9)20-8-4-6-19-7-5-8/h2-3,8H,4-7H2,1H3. The van der Waals surface area contributed by atoms with Crippen molar-refractivity contribution in [1.82, 2.24) is 4.98 Å². The molecule has 1 aromatic heterocycles. The van der Waals surface area contributed by atoms with Gasteiger partial charge < -0.3 is 9.47 Å². The summed E-state index contributed by atoms with van der Waals surface area (Å²) in [7, 11) is 1.25. The van der Waals surface area contributed by atoms with Gasteiger partial charge in [0, 0.05) is 24.5 Å². The first kappa shape index (κ1) is 14.7. The van der Waals surface area contributed by atoms with Crippen molar-refractivity contribution in [3.05, 3.63) is 27.9 Å². The number of nitrogens with zero attached hydrogens (tertiary/aromatic N) is 2. The Morgan fingerprint density at radius 3 is 2.80 bits per heavy atom. The molecular formula is C12H14N2O5S. The lowest BCUT2D eigenvalue weighted by atomic mass is 10.2. The van der Waals surface area contributed by atoms with E-state index in [1.807, 2.05) is 0 Å². The number of rotatable bonds is 4. The number of esters is 1. The Morgan fingerprint density at radius 2 is 2.20 bits per heavy atom. The van der Waals surface area contributed by atoms with Crippen LogP contribution in [0, 0.1) is 10.1 Å². The molecule has 0 aliphatic carbocycles. The highest BCUT2D eigenvalue weighted by molar-refractivity contribution is 8.00. The zero-order valence-corrected chi connectivity index (χ0v) is 11.7. The van der Waals surface area contributed by atoms with Crippen LogP contribution >= 0.6 is 11.8 Å². The van der Waals surface area contributed by atoms with Crippen LogP contribution < -0.4 is 0 Å². The Hall–Kier alpha value is -1.67. The molecule has 20 heavy (non-hydrogen) atoms. The summed E-state index contributed by atoms with van der Waals surface area (Å²) in [6.45, 7) is 1.28. The predicted molar refractivity (Wildman–Crippen MR) is 71.9 cm³/mol. The van der Waals surface area contributed by atoms with Gasteiger partial charge >= 0.3 is 11.7 Å². The van der Waals surface area contributed by atoms with E-state index < -0.39 is 10.9 Å². The number of hydrogen-bond acceptors (Lipinski definition) is 7. The molecule has 2 heterocycles. The van der Waals surface area contributed by atoms with E-state index in [2.05, 4.69) is 9.72 Å². The molecule has 8 heteroatoms. The summed E-state index contributed by atoms with van der Waals surface area (Å²) in [6.07, 6.45) is 1.62. The normalized spacial score (nSPS) is 15.8. The zero-order valence-electron chi connectivity index (χ0n) is 10.9. The fourth-order valence-corrected chi connectivity index (χ4v) is 2.99. The average Bonchev–Trinajstić information content (AvgIpc) is 2.47. The monoisotopic (exact) mass is 298 g/mol. The maximum absolute atomic E-state index is 11.5. The van der Waals surface area contributed by atoms with Crippen molar-refractivity contribution >= 4 is 23.4 Å². The Bertz CT molecular complexity index is 517. The Balaban J connectivity index is 2.26. The highest BCUT2D eigenvalue weighted by atomic mass is 32.2. The lowest BCUT2D eigenvalue weighted by Crippen LogP contribution is -2.18. The molecule has 0 atom stereocenters. The Kier molecular flexibility index (Phi) is 4.91. The van der Waals surface area contributed by atoms with Gasteiger partial charge in [-0.2, -0.15) is 0 Å². The van der Waals surface area contributed by atoms with E-state index in [-0.39, 0.29) is 21.7 Å². The predicted octanol–water partition coefficient (Wildman–Crippen LogP) is 2.05. The molecule has 0 N–H and O–H groups in total. The van der Waals surface area contributed by atoms with Crippen LogP contribution in [0.2, 0.25) is 0 Å². The van der Waals surface area contributed by atoms with Crippen LogP contribution in [0.5, 0.6) is 0 Å². The molecule has 7 nitrogen and oxygen atoms in total. The first-order chi connectivity index (χ1) is 9.61. The minimum absolute atomic E-state index is 0.0765. The molecule has 0 aromatic carbocycles. The molecule has 1 aliphatic heterocycles. The van der Waals surface area contributed by atoms with Gasteiger partial charge in [0.1, 0.15) is 5.69 Å². The van der Waals surface area contributed by atoms with Crippen molar-refractivity contribution < 1.29 is 19.2 Å². The molecule has 1 saturated heterocycles. The van der Waals surface area contributed by atoms with E-state index in [1.165, 1.54) is 31.0 Å². The number of pyridine rings is 1. The summed E-state index contributed by atoms with van der Waals surface area (Å²) >= 11 is 1.32. The SMILES string of the molecule is COC(=O)c1ccc([N+](=O)[O-])c(SC2CCOCC2)n1. The molecule has 0 radical (unpaired) electrons. The van der Waals surface area contributed by atoms with Gasteiger partial charge in [-0.1, -0.05) is 11.8 Å². The van der Waals surface area contributed by atoms with E-state index in [0.717, 1.165) is 12.8 Å². The summed E-state index contributed by atoms with van der Waals surface area (Å²) in [5.41, 5.74) is -0.0122. The van der Waals surface area contributed by atoms with Crippen molar-refractivity contribution in [2.45, 2.75) is 23.1 Å². The highest BCUT2D eigenvalue weighted by Gasteiger charge is 2.24. The van der Waals surface area contributed by atoms with Crippen molar-refractivity contribution in [3.8, 4) is 0 Å². The van der Waals surface area contributed by atoms with E-state index in [0.29, 0.717) is 13.2 Å². The number of carbonyl (C=O) groups is 1. The minimum atomic E-state index is -0.603. The van der Waals surface area contributed by atoms with Crippen LogP contribution in [0.15, 0.2) is 17.2 Å². The summed E-state index contributed by atoms with van der Waals surface area (Å²) in [4.78, 5) is 26.1. The van der Waals surface area contributed by atoms with Gasteiger partial charge in [0.15, 0.2) is 5.03 Å². The lowest BCUT2D eigenvalue weighted by Gasteiger charge is -2.20. The van der Waals surface area contributed by atoms with E-state index in [1.54, 1.807) is 0 Å². The summed E-state index contributed by atoms with van der Waals surface area (Å²) in [5.74, 6) is -0.603. The number of thioether (sulfide) groups is 1. The molecule has 1 fully saturated rings. The van der Waals surface area contributed by atoms with Crippen LogP contribution in [0.3, 0.4) is 0 Å². The number of ether oxygens (including phenoxy) is 2. The second-order valence-corrected chi connectivity index (χ2v) is 5.49. The van der Waals surface area contributed by atoms with Crippen LogP contribution in [-0.2, 0) is 9.47 Å². The Morgan fingerprint density at radius 1 is 1.50 bits per heavy atom. The third-order valence-corrected chi connectivity index (χ3v) is 4.21. The van der Waals surface area contributed by atoms with E-state index >= 15 is 0 Å². The third kappa shape index (κ3) is 3.45. The second kappa shape index (κ2) is 6.67. The lowest BCUT2D eigenvalue weighted by molar-refractivity contribution is -0.388. The van der Waals surface area contributed by atoms with Crippen molar-refractivity contribution in [1.29, 1.82) is 0 Å². The number of nitro groups is 1. The quantitative estimate of drug-likeness (QED) is 0.477. The van der Waals surface area contributed by atoms with Gasteiger partial charge in [-0.25, -0.2) is 9.78 Å². The van der Waals surface area contributed by atoms with Crippen LogP contribution in [0.25, 0.3) is 0 Å². The van der Waals surface area contributed by atoms with Gasteiger partial charge in [-0.05, 0) is 18.9 Å². The number of methoxy groups -OCH3 is 1. The van der Waals surface area contributed by atoms with Crippen molar-refractivity contribution in [2.24, 2.45) is 0 Å². The number of hydrogen-bond donors (Lipinski definition) is 0. The van der Waals surface area contributed by atoms with E-state index in [9.17, 15) is 14.9 Å². The average molecular weight is 298 g/mol. The minimum Gasteiger partial charge on any atom is -0.464 e. The molecule has 1 aromatic rings. The van der Waals surface area contributed by atoms with Gasteiger partial charge in [0.2, 0.25) is 0 Å². The summed E-state index contributed by atoms with van der Waals surface area (Å²) < 4.78 is 9.83. The molecular weight excluding hydrogens is 284 g/mol. The third-order valence-electron chi connectivity index (χ3n) is 2.88. The maximum Gasteiger partial charge on any atom is 0.356 e. The molecule has 108 valence electrons. The molecule has 1 aliphatic rings. The number of carbonyl (C=O) groups excluding carboxylic acids is 1. The molecule has 2 rings (SSSR count). The van der Waals surface area contributed by atoms with Crippen molar-refractivity contribution in [2.75, 3.05) is 20.3 Å². The molecule has 0 saturated carbocycles. The topological polar surface area (TPSA) is 91.6 Å². The van der Waals surface area contributed by atoms with Crippen molar-refractivity contribution in [3.63, 3.8) is 0 Å². The van der Waals surface area contributed by atoms with Crippen LogP contribution in [0.4, 0.5) is 5.69 Å². The first-order valence-corrected chi connectivity index (χ1v) is 6.98. The van der Waals surface area contributed by atoms with E-state index in [4.69, 9.17) is 4.74 Å². The van der Waals surface area contributed by atoms with Crippen LogP contribution in [-0.4, -0.2) is 41.5 Å². The van der Waals surface area contributed by atoms with Crippen LogP contribution in [0.1, 0.15) is 23.3 Å². The zero-order chi connectivity index (χ0) is 14.5. The first-order valence-electron chi connectivity index (χ1n) is 6.10. The second-order valence-electron chi connectivity index (χ2n) is 4.20. The maximum atomic E-state index is 11.5. The highest BCUT2D eigenvalue weighted by Crippen LogP contribution is 2.34. The molecule has 0 amide bonds. The van der Waals surface area contributed by atoms with Gasteiger partial charge in [0.25, 0.3) is 0 Å². The number of aromatic nitrogens is 1. The largest absolute Gasteiger partial charge is 0.464 e. The van der Waals surface area contributed by atoms with Gasteiger partial charge in [-0.3, -0.25) is 10.1 Å². The fraction of sp³-hybridized carbons (Fsp3) is 0.500.